The highest BCUT2D eigenvalue weighted by atomic mass is 15.2. The second-order valence-electron chi connectivity index (χ2n) is 3.81. The van der Waals surface area contributed by atoms with Crippen molar-refractivity contribution in [3.8, 4) is 0 Å². The Bertz CT molecular complexity index is 122. The van der Waals surface area contributed by atoms with E-state index < -0.39 is 0 Å². The van der Waals surface area contributed by atoms with Crippen molar-refractivity contribution in [1.82, 2.24) is 4.90 Å². The molecule has 2 aliphatic heterocycles. The van der Waals surface area contributed by atoms with Gasteiger partial charge in [0.25, 0.3) is 0 Å². The molecule has 0 aliphatic carbocycles. The molecule has 0 aromatic carbocycles. The van der Waals surface area contributed by atoms with Gasteiger partial charge >= 0.3 is 0 Å². The van der Waals surface area contributed by atoms with Crippen LogP contribution in [-0.4, -0.2) is 23.5 Å². The SMILES string of the molecule is C[C@H]1CCC[C@@H]2CCCN21. The zero-order chi connectivity index (χ0) is 6.97. The van der Waals surface area contributed by atoms with Crippen molar-refractivity contribution in [3.63, 3.8) is 0 Å². The van der Waals surface area contributed by atoms with Gasteiger partial charge in [0.2, 0.25) is 0 Å². The van der Waals surface area contributed by atoms with Crippen LogP contribution in [0.1, 0.15) is 39.0 Å². The summed E-state index contributed by atoms with van der Waals surface area (Å²) in [5, 5.41) is 0. The van der Waals surface area contributed by atoms with E-state index in [1.54, 1.807) is 0 Å². The highest BCUT2D eigenvalue weighted by Crippen LogP contribution is 2.30. The number of piperidine rings is 1. The third-order valence-electron chi connectivity index (χ3n) is 3.15. The van der Waals surface area contributed by atoms with Crippen LogP contribution >= 0.6 is 0 Å². The minimum absolute atomic E-state index is 0.890. The molecule has 0 radical (unpaired) electrons. The third kappa shape index (κ3) is 0.968. The fourth-order valence-corrected chi connectivity index (χ4v) is 2.56. The zero-order valence-corrected chi connectivity index (χ0v) is 6.84. The molecule has 2 atom stereocenters. The summed E-state index contributed by atoms with van der Waals surface area (Å²) in [5.41, 5.74) is 0. The van der Waals surface area contributed by atoms with E-state index in [1.165, 1.54) is 38.6 Å². The maximum Gasteiger partial charge on any atom is 0.00985 e. The molecule has 1 nitrogen and oxygen atoms in total. The fourth-order valence-electron chi connectivity index (χ4n) is 2.56. The highest BCUT2D eigenvalue weighted by Gasteiger charge is 2.30. The molecule has 2 heterocycles. The summed E-state index contributed by atoms with van der Waals surface area (Å²) in [4.78, 5) is 2.71. The predicted molar refractivity (Wildman–Crippen MR) is 43.0 cm³/mol. The summed E-state index contributed by atoms with van der Waals surface area (Å²) < 4.78 is 0. The first-order valence-electron chi connectivity index (χ1n) is 4.63. The summed E-state index contributed by atoms with van der Waals surface area (Å²) in [5.74, 6) is 0. The Morgan fingerprint density at radius 1 is 1.10 bits per heavy atom. The van der Waals surface area contributed by atoms with Crippen molar-refractivity contribution in [2.24, 2.45) is 0 Å². The lowest BCUT2D eigenvalue weighted by atomic mass is 9.98. The van der Waals surface area contributed by atoms with Gasteiger partial charge in [-0.1, -0.05) is 6.42 Å². The van der Waals surface area contributed by atoms with Crippen LogP contribution in [0.4, 0.5) is 0 Å². The lowest BCUT2D eigenvalue weighted by molar-refractivity contribution is 0.135. The van der Waals surface area contributed by atoms with Crippen LogP contribution in [0.15, 0.2) is 0 Å². The van der Waals surface area contributed by atoms with Gasteiger partial charge in [-0.15, -0.1) is 0 Å². The average molecular weight is 139 g/mol. The van der Waals surface area contributed by atoms with Gasteiger partial charge in [0.1, 0.15) is 0 Å². The number of fused-ring (bicyclic) bond motifs is 1. The molecule has 1 heteroatoms. The van der Waals surface area contributed by atoms with Crippen molar-refractivity contribution in [1.29, 1.82) is 0 Å². The lowest BCUT2D eigenvalue weighted by Gasteiger charge is -2.35. The quantitative estimate of drug-likeness (QED) is 0.496. The van der Waals surface area contributed by atoms with Crippen LogP contribution in [0.25, 0.3) is 0 Å². The topological polar surface area (TPSA) is 3.24 Å². The molecule has 0 aromatic heterocycles. The van der Waals surface area contributed by atoms with Gasteiger partial charge in [0.15, 0.2) is 0 Å². The van der Waals surface area contributed by atoms with E-state index in [1.807, 2.05) is 0 Å². The predicted octanol–water partition coefficient (Wildman–Crippen LogP) is 2.02. The fraction of sp³-hybridized carbons (Fsp3) is 1.00. The minimum atomic E-state index is 0.890. The van der Waals surface area contributed by atoms with Crippen LogP contribution in [-0.2, 0) is 0 Å². The van der Waals surface area contributed by atoms with Crippen LogP contribution in [0.2, 0.25) is 0 Å². The van der Waals surface area contributed by atoms with Gasteiger partial charge in [-0.25, -0.2) is 0 Å². The Kier molecular flexibility index (Phi) is 1.69. The number of rotatable bonds is 0. The summed E-state index contributed by atoms with van der Waals surface area (Å²) in [6.45, 7) is 3.77. The van der Waals surface area contributed by atoms with Gasteiger partial charge in [0.05, 0.1) is 0 Å². The van der Waals surface area contributed by atoms with E-state index in [9.17, 15) is 0 Å². The second-order valence-corrected chi connectivity index (χ2v) is 3.81. The number of hydrogen-bond donors (Lipinski definition) is 0. The minimum Gasteiger partial charge on any atom is -0.298 e. The maximum absolute atomic E-state index is 2.71. The molecule has 2 aliphatic rings. The molecule has 0 aromatic rings. The average Bonchev–Trinajstić information content (AvgIpc) is 2.36. The molecule has 0 bridgehead atoms. The third-order valence-corrected chi connectivity index (χ3v) is 3.15. The molecule has 10 heavy (non-hydrogen) atoms. The van der Waals surface area contributed by atoms with Crippen molar-refractivity contribution >= 4 is 0 Å². The van der Waals surface area contributed by atoms with Gasteiger partial charge in [-0.05, 0) is 39.2 Å². The first-order valence-corrected chi connectivity index (χ1v) is 4.63. The first-order chi connectivity index (χ1) is 4.88. The van der Waals surface area contributed by atoms with Gasteiger partial charge in [-0.3, -0.25) is 4.90 Å². The molecule has 0 saturated carbocycles. The highest BCUT2D eigenvalue weighted by molar-refractivity contribution is 4.86. The van der Waals surface area contributed by atoms with Crippen molar-refractivity contribution in [2.75, 3.05) is 6.54 Å². The molecular formula is C9H17N. The normalized spacial score (nSPS) is 41.7. The molecule has 0 unspecified atom stereocenters. The van der Waals surface area contributed by atoms with Gasteiger partial charge in [0, 0.05) is 12.1 Å². The Morgan fingerprint density at radius 3 is 2.70 bits per heavy atom. The lowest BCUT2D eigenvalue weighted by Crippen LogP contribution is -2.40. The summed E-state index contributed by atoms with van der Waals surface area (Å²) in [7, 11) is 0. The smallest absolute Gasteiger partial charge is 0.00985 e. The Labute approximate surface area is 63.4 Å². The molecule has 0 amide bonds. The van der Waals surface area contributed by atoms with E-state index in [0.717, 1.165) is 12.1 Å². The molecule has 0 spiro atoms. The van der Waals surface area contributed by atoms with E-state index >= 15 is 0 Å². The van der Waals surface area contributed by atoms with Crippen molar-refractivity contribution in [2.45, 2.75) is 51.1 Å². The summed E-state index contributed by atoms with van der Waals surface area (Å²) >= 11 is 0. The zero-order valence-electron chi connectivity index (χ0n) is 6.84. The summed E-state index contributed by atoms with van der Waals surface area (Å²) in [6.07, 6.45) is 7.32. The van der Waals surface area contributed by atoms with Crippen LogP contribution in [0.5, 0.6) is 0 Å². The molecular weight excluding hydrogens is 122 g/mol. The van der Waals surface area contributed by atoms with Gasteiger partial charge < -0.3 is 0 Å². The monoisotopic (exact) mass is 139 g/mol. The van der Waals surface area contributed by atoms with Crippen molar-refractivity contribution < 1.29 is 0 Å². The molecule has 2 saturated heterocycles. The van der Waals surface area contributed by atoms with Crippen LogP contribution in [0.3, 0.4) is 0 Å². The second kappa shape index (κ2) is 2.54. The Morgan fingerprint density at radius 2 is 1.90 bits per heavy atom. The van der Waals surface area contributed by atoms with Crippen molar-refractivity contribution in [3.05, 3.63) is 0 Å². The van der Waals surface area contributed by atoms with Crippen LogP contribution < -0.4 is 0 Å². The molecule has 58 valence electrons. The number of hydrogen-bond acceptors (Lipinski definition) is 1. The largest absolute Gasteiger partial charge is 0.298 e. The summed E-state index contributed by atoms with van der Waals surface area (Å²) in [6, 6.07) is 1.87. The Balaban J connectivity index is 2.03. The molecule has 0 N–H and O–H groups in total. The van der Waals surface area contributed by atoms with Gasteiger partial charge in [-0.2, -0.15) is 0 Å². The van der Waals surface area contributed by atoms with Crippen LogP contribution in [0, 0.1) is 0 Å². The first kappa shape index (κ1) is 6.66. The molecule has 2 rings (SSSR count). The van der Waals surface area contributed by atoms with E-state index in [2.05, 4.69) is 11.8 Å². The van der Waals surface area contributed by atoms with E-state index in [0.29, 0.717) is 0 Å². The Hall–Kier alpha value is -0.0400. The maximum atomic E-state index is 2.71. The van der Waals surface area contributed by atoms with E-state index in [4.69, 9.17) is 0 Å². The van der Waals surface area contributed by atoms with E-state index in [-0.39, 0.29) is 0 Å². The number of nitrogens with zero attached hydrogens (tertiary/aromatic N) is 1. The standard InChI is InChI=1S/C9H17N/c1-8-4-2-5-9-6-3-7-10(8)9/h8-9H,2-7H2,1H3/t8-,9+/m0/s1. The molecule has 2 fully saturated rings.